The number of Topliss-reactive ketones (excluding diaryl/α,β-unsaturated/α-hetero) is 1. The normalized spacial score (nSPS) is 18.9. The number of cyclic esters (lactones) is 1. The quantitative estimate of drug-likeness (QED) is 0.482. The second kappa shape index (κ2) is 10.5. The Morgan fingerprint density at radius 2 is 2.00 bits per heavy atom. The smallest absolute Gasteiger partial charge is 0.414 e. The number of benzene rings is 2. The summed E-state index contributed by atoms with van der Waals surface area (Å²) in [6.07, 6.45) is 3.26. The van der Waals surface area contributed by atoms with Crippen LogP contribution in [0.1, 0.15) is 41.3 Å². The zero-order valence-electron chi connectivity index (χ0n) is 19.1. The fourth-order valence-corrected chi connectivity index (χ4v) is 4.19. The predicted octanol–water partition coefficient (Wildman–Crippen LogP) is 3.12. The van der Waals surface area contributed by atoms with Crippen LogP contribution in [0.2, 0.25) is 0 Å². The molecular formula is C26H28N2O6. The van der Waals surface area contributed by atoms with Crippen molar-refractivity contribution >= 4 is 29.5 Å². The standard InChI is InChI=1S/C26H28N2O6/c1-17(30)27-15-23-16-28(26(32)34-23)21-7-10-24-19(14-21)3-2-4-20(25(24)31)13-18-5-8-22(9-6-18)33-12-11-29/h5-10,13-14,23,29H,2-4,11-12,15-16H2,1H3,(H,27,30)/b20-13+/t23-/m0/s1. The van der Waals surface area contributed by atoms with Gasteiger partial charge >= 0.3 is 6.09 Å². The molecular weight excluding hydrogens is 436 g/mol. The number of ether oxygens (including phenoxy) is 2. The summed E-state index contributed by atoms with van der Waals surface area (Å²) in [6.45, 7) is 2.23. The Hall–Kier alpha value is -3.65. The van der Waals surface area contributed by atoms with Gasteiger partial charge in [-0.3, -0.25) is 14.5 Å². The fourth-order valence-electron chi connectivity index (χ4n) is 4.19. The molecule has 2 aromatic carbocycles. The highest BCUT2D eigenvalue weighted by Gasteiger charge is 2.33. The second-order valence-electron chi connectivity index (χ2n) is 8.39. The average molecular weight is 465 g/mol. The molecule has 2 aliphatic rings. The van der Waals surface area contributed by atoms with Crippen LogP contribution in [0.15, 0.2) is 48.0 Å². The van der Waals surface area contributed by atoms with E-state index in [4.69, 9.17) is 14.6 Å². The minimum atomic E-state index is -0.456. The number of nitrogens with one attached hydrogen (secondary N) is 1. The summed E-state index contributed by atoms with van der Waals surface area (Å²) in [5, 5.41) is 11.5. The summed E-state index contributed by atoms with van der Waals surface area (Å²) in [5.41, 5.74) is 3.90. The first-order chi connectivity index (χ1) is 16.4. The molecule has 8 heteroatoms. The van der Waals surface area contributed by atoms with E-state index in [1.165, 1.54) is 6.92 Å². The molecule has 2 N–H and O–H groups in total. The zero-order chi connectivity index (χ0) is 24.1. The maximum absolute atomic E-state index is 13.3. The molecule has 178 valence electrons. The number of carbonyl (C=O) groups excluding carboxylic acids is 3. The highest BCUT2D eigenvalue weighted by molar-refractivity contribution is 6.12. The van der Waals surface area contributed by atoms with E-state index in [9.17, 15) is 14.4 Å². The van der Waals surface area contributed by atoms with Gasteiger partial charge in [0, 0.05) is 23.7 Å². The summed E-state index contributed by atoms with van der Waals surface area (Å²) in [4.78, 5) is 38.3. The van der Waals surface area contributed by atoms with Crippen LogP contribution in [-0.4, -0.2) is 55.3 Å². The Balaban J connectivity index is 1.50. The molecule has 1 fully saturated rings. The van der Waals surface area contributed by atoms with Crippen LogP contribution in [0.5, 0.6) is 5.75 Å². The number of aliphatic hydroxyl groups excluding tert-OH is 1. The number of fused-ring (bicyclic) bond motifs is 1. The molecule has 1 aliphatic heterocycles. The van der Waals surface area contributed by atoms with Crippen LogP contribution in [0.3, 0.4) is 0 Å². The van der Waals surface area contributed by atoms with Gasteiger partial charge in [-0.2, -0.15) is 0 Å². The number of ketones is 1. The fraction of sp³-hybridized carbons (Fsp3) is 0.346. The summed E-state index contributed by atoms with van der Waals surface area (Å²) in [6, 6.07) is 12.9. The van der Waals surface area contributed by atoms with Gasteiger partial charge in [0.05, 0.1) is 19.7 Å². The van der Waals surface area contributed by atoms with Crippen LogP contribution in [-0.2, 0) is 16.0 Å². The van der Waals surface area contributed by atoms with Crippen molar-refractivity contribution in [3.05, 3.63) is 64.7 Å². The van der Waals surface area contributed by atoms with Crippen LogP contribution in [0.4, 0.5) is 10.5 Å². The summed E-state index contributed by atoms with van der Waals surface area (Å²) in [5.74, 6) is 0.487. The molecule has 0 unspecified atom stereocenters. The molecule has 0 aromatic heterocycles. The van der Waals surface area contributed by atoms with Gasteiger partial charge in [0.15, 0.2) is 5.78 Å². The first-order valence-corrected chi connectivity index (χ1v) is 11.4. The molecule has 0 spiro atoms. The van der Waals surface area contributed by atoms with Crippen molar-refractivity contribution in [2.75, 3.05) is 31.2 Å². The van der Waals surface area contributed by atoms with E-state index in [0.717, 1.165) is 29.5 Å². The first-order valence-electron chi connectivity index (χ1n) is 11.4. The lowest BCUT2D eigenvalue weighted by atomic mass is 9.97. The number of carbonyl (C=O) groups is 3. The van der Waals surface area contributed by atoms with E-state index >= 15 is 0 Å². The van der Waals surface area contributed by atoms with Crippen molar-refractivity contribution in [3.8, 4) is 5.75 Å². The Morgan fingerprint density at radius 1 is 1.21 bits per heavy atom. The molecule has 2 amide bonds. The van der Waals surface area contributed by atoms with Crippen LogP contribution in [0, 0.1) is 0 Å². The van der Waals surface area contributed by atoms with Gasteiger partial charge in [0.25, 0.3) is 0 Å². The molecule has 1 aliphatic carbocycles. The minimum absolute atomic E-state index is 0.00723. The van der Waals surface area contributed by atoms with Gasteiger partial charge in [-0.15, -0.1) is 0 Å². The zero-order valence-corrected chi connectivity index (χ0v) is 19.1. The van der Waals surface area contributed by atoms with Crippen molar-refractivity contribution in [1.29, 1.82) is 0 Å². The number of aliphatic hydroxyl groups is 1. The van der Waals surface area contributed by atoms with Gasteiger partial charge in [0.1, 0.15) is 18.5 Å². The van der Waals surface area contributed by atoms with E-state index in [2.05, 4.69) is 5.32 Å². The number of aryl methyl sites for hydroxylation is 1. The summed E-state index contributed by atoms with van der Waals surface area (Å²) < 4.78 is 10.7. The number of anilines is 1. The number of rotatable bonds is 7. The van der Waals surface area contributed by atoms with Gasteiger partial charge in [-0.1, -0.05) is 12.1 Å². The van der Waals surface area contributed by atoms with Crippen molar-refractivity contribution in [1.82, 2.24) is 5.32 Å². The molecule has 0 bridgehead atoms. The van der Waals surface area contributed by atoms with Crippen molar-refractivity contribution < 1.29 is 29.0 Å². The van der Waals surface area contributed by atoms with Crippen molar-refractivity contribution in [2.45, 2.75) is 32.3 Å². The molecule has 8 nitrogen and oxygen atoms in total. The first kappa shape index (κ1) is 23.5. The molecule has 0 saturated carbocycles. The Bertz CT molecular complexity index is 1110. The molecule has 1 saturated heterocycles. The van der Waals surface area contributed by atoms with E-state index in [-0.39, 0.29) is 31.4 Å². The lowest BCUT2D eigenvalue weighted by molar-refractivity contribution is -0.119. The van der Waals surface area contributed by atoms with Gasteiger partial charge in [-0.25, -0.2) is 4.79 Å². The Morgan fingerprint density at radius 3 is 2.74 bits per heavy atom. The van der Waals surface area contributed by atoms with Gasteiger partial charge in [-0.05, 0) is 66.8 Å². The maximum Gasteiger partial charge on any atom is 0.414 e. The van der Waals surface area contributed by atoms with Crippen molar-refractivity contribution in [3.63, 3.8) is 0 Å². The number of hydrogen-bond acceptors (Lipinski definition) is 6. The lowest BCUT2D eigenvalue weighted by Crippen LogP contribution is -2.33. The number of nitrogens with zero attached hydrogens (tertiary/aromatic N) is 1. The molecule has 0 radical (unpaired) electrons. The van der Waals surface area contributed by atoms with E-state index in [1.54, 1.807) is 17.0 Å². The highest BCUT2D eigenvalue weighted by atomic mass is 16.6. The average Bonchev–Trinajstić information content (AvgIpc) is 3.14. The topological polar surface area (TPSA) is 105 Å². The molecule has 1 atom stereocenters. The molecule has 2 aromatic rings. The number of allylic oxidation sites excluding steroid dienone is 1. The van der Waals surface area contributed by atoms with Crippen LogP contribution < -0.4 is 15.0 Å². The maximum atomic E-state index is 13.3. The SMILES string of the molecule is CC(=O)NC[C@H]1CN(c2ccc3c(c2)CCC/C(=C\c2ccc(OCCO)cc2)C3=O)C(=O)O1. The predicted molar refractivity (Wildman–Crippen MR) is 127 cm³/mol. The third-order valence-corrected chi connectivity index (χ3v) is 5.86. The highest BCUT2D eigenvalue weighted by Crippen LogP contribution is 2.31. The summed E-state index contributed by atoms with van der Waals surface area (Å²) >= 11 is 0. The Labute approximate surface area is 198 Å². The molecule has 34 heavy (non-hydrogen) atoms. The van der Waals surface area contributed by atoms with E-state index in [0.29, 0.717) is 30.0 Å². The third kappa shape index (κ3) is 5.46. The monoisotopic (exact) mass is 464 g/mol. The molecule has 1 heterocycles. The lowest BCUT2D eigenvalue weighted by Gasteiger charge is -2.16. The number of hydrogen-bond donors (Lipinski definition) is 2. The van der Waals surface area contributed by atoms with E-state index < -0.39 is 12.2 Å². The van der Waals surface area contributed by atoms with Crippen molar-refractivity contribution in [2.24, 2.45) is 0 Å². The number of amides is 2. The third-order valence-electron chi connectivity index (χ3n) is 5.86. The summed E-state index contributed by atoms with van der Waals surface area (Å²) in [7, 11) is 0. The second-order valence-corrected chi connectivity index (χ2v) is 8.39. The Kier molecular flexibility index (Phi) is 7.27. The van der Waals surface area contributed by atoms with Gasteiger partial charge < -0.3 is 19.9 Å². The van der Waals surface area contributed by atoms with Gasteiger partial charge in [0.2, 0.25) is 5.91 Å². The van der Waals surface area contributed by atoms with E-state index in [1.807, 2.05) is 36.4 Å². The minimum Gasteiger partial charge on any atom is -0.491 e. The van der Waals surface area contributed by atoms with Crippen LogP contribution >= 0.6 is 0 Å². The largest absolute Gasteiger partial charge is 0.491 e. The van der Waals surface area contributed by atoms with Crippen LogP contribution in [0.25, 0.3) is 6.08 Å². The molecule has 4 rings (SSSR count).